The topological polar surface area (TPSA) is 79.0 Å². The van der Waals surface area contributed by atoms with Crippen molar-refractivity contribution in [2.45, 2.75) is 77.9 Å². The van der Waals surface area contributed by atoms with E-state index in [9.17, 15) is 14.4 Å². The van der Waals surface area contributed by atoms with Gasteiger partial charge in [-0.25, -0.2) is 4.79 Å². The fourth-order valence-corrected chi connectivity index (χ4v) is 3.67. The molecule has 0 bridgehead atoms. The van der Waals surface area contributed by atoms with Crippen molar-refractivity contribution in [2.24, 2.45) is 5.92 Å². The Hall–Kier alpha value is -1.79. The van der Waals surface area contributed by atoms with Gasteiger partial charge in [0.05, 0.1) is 0 Å². The van der Waals surface area contributed by atoms with Crippen LogP contribution in [0.2, 0.25) is 0 Å². The first-order valence-electron chi connectivity index (χ1n) is 10.2. The Morgan fingerprint density at radius 1 is 1.04 bits per heavy atom. The summed E-state index contributed by atoms with van der Waals surface area (Å²) in [5, 5.41) is 3.00. The molecule has 7 nitrogen and oxygen atoms in total. The first-order chi connectivity index (χ1) is 12.7. The summed E-state index contributed by atoms with van der Waals surface area (Å²) < 4.78 is 5.42. The predicted octanol–water partition coefficient (Wildman–Crippen LogP) is 2.54. The summed E-state index contributed by atoms with van der Waals surface area (Å²) >= 11 is 0. The standard InChI is InChI=1S/C20H35N3O4/c1-5-17(24)21-16-7-6-10-23(14-16)18(25)13-15-8-11-22(12-9-15)19(26)27-20(2,3)4/h15-16H,5-14H2,1-4H3,(H,21,24). The minimum Gasteiger partial charge on any atom is -0.444 e. The SMILES string of the molecule is CCC(=O)NC1CCCN(C(=O)CC2CCN(C(=O)OC(C)(C)C)CC2)C1. The van der Waals surface area contributed by atoms with Crippen LogP contribution in [0, 0.1) is 5.92 Å². The molecule has 27 heavy (non-hydrogen) atoms. The number of nitrogens with zero attached hydrogens (tertiary/aromatic N) is 2. The second-order valence-electron chi connectivity index (χ2n) is 8.71. The zero-order valence-corrected chi connectivity index (χ0v) is 17.3. The molecule has 0 aromatic carbocycles. The number of hydrogen-bond donors (Lipinski definition) is 1. The Balaban J connectivity index is 1.75. The van der Waals surface area contributed by atoms with Crippen LogP contribution < -0.4 is 5.32 Å². The number of hydrogen-bond acceptors (Lipinski definition) is 4. The van der Waals surface area contributed by atoms with E-state index in [-0.39, 0.29) is 23.9 Å². The Kier molecular flexibility index (Phi) is 7.50. The highest BCUT2D eigenvalue weighted by Crippen LogP contribution is 2.24. The van der Waals surface area contributed by atoms with Crippen molar-refractivity contribution in [3.8, 4) is 0 Å². The fourth-order valence-electron chi connectivity index (χ4n) is 3.67. The van der Waals surface area contributed by atoms with Crippen LogP contribution >= 0.6 is 0 Å². The number of rotatable bonds is 4. The van der Waals surface area contributed by atoms with E-state index in [1.54, 1.807) is 4.90 Å². The second kappa shape index (κ2) is 9.42. The van der Waals surface area contributed by atoms with Crippen molar-refractivity contribution >= 4 is 17.9 Å². The average molecular weight is 382 g/mol. The van der Waals surface area contributed by atoms with E-state index >= 15 is 0 Å². The summed E-state index contributed by atoms with van der Waals surface area (Å²) in [5.41, 5.74) is -0.484. The zero-order chi connectivity index (χ0) is 20.0. The van der Waals surface area contributed by atoms with Crippen LogP contribution in [0.1, 0.15) is 66.2 Å². The van der Waals surface area contributed by atoms with Gasteiger partial charge in [-0.15, -0.1) is 0 Å². The minimum atomic E-state index is -0.484. The quantitative estimate of drug-likeness (QED) is 0.812. The van der Waals surface area contributed by atoms with E-state index in [0.717, 1.165) is 32.2 Å². The molecule has 1 atom stereocenters. The molecule has 2 rings (SSSR count). The van der Waals surface area contributed by atoms with Crippen LogP contribution in [-0.4, -0.2) is 65.5 Å². The highest BCUT2D eigenvalue weighted by Gasteiger charge is 2.30. The Morgan fingerprint density at radius 3 is 2.30 bits per heavy atom. The van der Waals surface area contributed by atoms with E-state index < -0.39 is 5.60 Å². The summed E-state index contributed by atoms with van der Waals surface area (Å²) in [6.45, 7) is 10.1. The van der Waals surface area contributed by atoms with Gasteiger partial charge in [-0.05, 0) is 52.4 Å². The summed E-state index contributed by atoms with van der Waals surface area (Å²) in [4.78, 5) is 40.0. The lowest BCUT2D eigenvalue weighted by Gasteiger charge is -2.36. The molecule has 7 heteroatoms. The maximum absolute atomic E-state index is 12.7. The molecule has 2 saturated heterocycles. The molecule has 3 amide bonds. The summed E-state index contributed by atoms with van der Waals surface area (Å²) in [7, 11) is 0. The zero-order valence-electron chi connectivity index (χ0n) is 17.3. The second-order valence-corrected chi connectivity index (χ2v) is 8.71. The van der Waals surface area contributed by atoms with Gasteiger partial charge in [-0.2, -0.15) is 0 Å². The minimum absolute atomic E-state index is 0.0452. The normalized spacial score (nSPS) is 21.7. The van der Waals surface area contributed by atoms with Gasteiger partial charge in [0.15, 0.2) is 0 Å². The van der Waals surface area contributed by atoms with E-state index in [1.807, 2.05) is 32.6 Å². The molecule has 0 spiro atoms. The van der Waals surface area contributed by atoms with Crippen LogP contribution in [0.5, 0.6) is 0 Å². The maximum Gasteiger partial charge on any atom is 0.410 e. The van der Waals surface area contributed by atoms with Gasteiger partial charge in [-0.1, -0.05) is 6.92 Å². The number of piperidine rings is 2. The smallest absolute Gasteiger partial charge is 0.410 e. The molecule has 1 N–H and O–H groups in total. The van der Waals surface area contributed by atoms with Gasteiger partial charge >= 0.3 is 6.09 Å². The van der Waals surface area contributed by atoms with Gasteiger partial charge in [0, 0.05) is 45.1 Å². The van der Waals surface area contributed by atoms with Crippen LogP contribution in [0.25, 0.3) is 0 Å². The van der Waals surface area contributed by atoms with E-state index in [2.05, 4.69) is 5.32 Å². The lowest BCUT2D eigenvalue weighted by atomic mass is 9.92. The predicted molar refractivity (Wildman–Crippen MR) is 103 cm³/mol. The summed E-state index contributed by atoms with van der Waals surface area (Å²) in [6.07, 6.45) is 4.25. The van der Waals surface area contributed by atoms with Crippen molar-refractivity contribution in [1.29, 1.82) is 0 Å². The Labute approximate surface area is 162 Å². The number of ether oxygens (including phenoxy) is 1. The first kappa shape index (κ1) is 21.5. The fraction of sp³-hybridized carbons (Fsp3) is 0.850. The van der Waals surface area contributed by atoms with Crippen molar-refractivity contribution in [3.05, 3.63) is 0 Å². The molecule has 2 aliphatic heterocycles. The monoisotopic (exact) mass is 381 g/mol. The molecular weight excluding hydrogens is 346 g/mol. The van der Waals surface area contributed by atoms with E-state index in [4.69, 9.17) is 4.74 Å². The van der Waals surface area contributed by atoms with Crippen LogP contribution in [0.3, 0.4) is 0 Å². The molecule has 1 unspecified atom stereocenters. The molecule has 0 aliphatic carbocycles. The van der Waals surface area contributed by atoms with Gasteiger partial charge in [0.25, 0.3) is 0 Å². The first-order valence-corrected chi connectivity index (χ1v) is 10.2. The van der Waals surface area contributed by atoms with E-state index in [1.165, 1.54) is 0 Å². The Morgan fingerprint density at radius 2 is 1.70 bits per heavy atom. The van der Waals surface area contributed by atoms with Crippen molar-refractivity contribution in [3.63, 3.8) is 0 Å². The molecule has 154 valence electrons. The third-order valence-electron chi connectivity index (χ3n) is 5.19. The highest BCUT2D eigenvalue weighted by atomic mass is 16.6. The largest absolute Gasteiger partial charge is 0.444 e. The molecule has 2 heterocycles. The summed E-state index contributed by atoms with van der Waals surface area (Å²) in [5.74, 6) is 0.520. The van der Waals surface area contributed by atoms with Crippen molar-refractivity contribution < 1.29 is 19.1 Å². The molecular formula is C20H35N3O4. The Bertz CT molecular complexity index is 536. The highest BCUT2D eigenvalue weighted by molar-refractivity contribution is 5.78. The lowest BCUT2D eigenvalue weighted by molar-refractivity contribution is -0.134. The number of carbonyl (C=O) groups is 3. The van der Waals surface area contributed by atoms with Gasteiger partial charge in [-0.3, -0.25) is 9.59 Å². The number of carbonyl (C=O) groups excluding carboxylic acids is 3. The number of amides is 3. The van der Waals surface area contributed by atoms with Crippen molar-refractivity contribution in [2.75, 3.05) is 26.2 Å². The number of likely N-dealkylation sites (tertiary alicyclic amines) is 2. The van der Waals surface area contributed by atoms with Crippen LogP contribution in [0.4, 0.5) is 4.79 Å². The van der Waals surface area contributed by atoms with Gasteiger partial charge in [0.2, 0.25) is 11.8 Å². The average Bonchev–Trinajstić information content (AvgIpc) is 2.61. The third-order valence-corrected chi connectivity index (χ3v) is 5.19. The molecule has 0 radical (unpaired) electrons. The van der Waals surface area contributed by atoms with Gasteiger partial charge in [0.1, 0.15) is 5.60 Å². The maximum atomic E-state index is 12.7. The molecule has 2 fully saturated rings. The molecule has 0 aromatic rings. The number of nitrogens with one attached hydrogen (secondary N) is 1. The lowest BCUT2D eigenvalue weighted by Crippen LogP contribution is -2.50. The van der Waals surface area contributed by atoms with Crippen molar-refractivity contribution in [1.82, 2.24) is 15.1 Å². The van der Waals surface area contributed by atoms with E-state index in [0.29, 0.717) is 38.4 Å². The van der Waals surface area contributed by atoms with Crippen LogP contribution in [0.15, 0.2) is 0 Å². The third kappa shape index (κ3) is 7.03. The van der Waals surface area contributed by atoms with Gasteiger partial charge < -0.3 is 19.9 Å². The van der Waals surface area contributed by atoms with Crippen LogP contribution in [-0.2, 0) is 14.3 Å². The molecule has 2 aliphatic rings. The molecule has 0 saturated carbocycles. The molecule has 0 aromatic heterocycles. The summed E-state index contributed by atoms with van der Waals surface area (Å²) in [6, 6.07) is 0.0733.